The van der Waals surface area contributed by atoms with Gasteiger partial charge in [0.1, 0.15) is 6.33 Å². The Morgan fingerprint density at radius 1 is 1.21 bits per heavy atom. The Balaban J connectivity index is 1.89. The number of nitrogens with one attached hydrogen (secondary N) is 1. The van der Waals surface area contributed by atoms with E-state index in [9.17, 15) is 13.2 Å². The van der Waals surface area contributed by atoms with Crippen LogP contribution in [0.15, 0.2) is 41.7 Å². The van der Waals surface area contributed by atoms with Gasteiger partial charge in [-0.3, -0.25) is 4.79 Å². The first-order valence-corrected chi connectivity index (χ1v) is 11.3. The number of halogens is 1. The van der Waals surface area contributed by atoms with Crippen molar-refractivity contribution in [3.63, 3.8) is 0 Å². The molecule has 1 amide bonds. The highest BCUT2D eigenvalue weighted by Gasteiger charge is 2.20. The Bertz CT molecular complexity index is 866. The number of nitrogens with two attached hydrogens (primary N) is 1. The number of benzene rings is 1. The molecule has 0 radical (unpaired) electrons. The molecule has 3 N–H and O–H groups in total. The molecule has 0 saturated heterocycles. The number of unbranched alkanes of at least 4 members (excludes halogenated alkanes) is 3. The number of aromatic nitrogens is 2. The quantitative estimate of drug-likeness (QED) is 0.423. The zero-order valence-corrected chi connectivity index (χ0v) is 17.5. The Hall–Kier alpha value is -1.90. The van der Waals surface area contributed by atoms with Gasteiger partial charge in [-0.05, 0) is 31.9 Å². The van der Waals surface area contributed by atoms with E-state index in [2.05, 4.69) is 10.3 Å². The Morgan fingerprint density at radius 2 is 1.89 bits per heavy atom. The first-order chi connectivity index (χ1) is 13.3. The molecule has 0 saturated carbocycles. The lowest BCUT2D eigenvalue weighted by Gasteiger charge is -2.11. The number of rotatable bonds is 11. The van der Waals surface area contributed by atoms with Gasteiger partial charge >= 0.3 is 0 Å². The van der Waals surface area contributed by atoms with E-state index in [1.165, 1.54) is 12.5 Å². The molecule has 9 heteroatoms. The monoisotopic (exact) mass is 426 g/mol. The van der Waals surface area contributed by atoms with Gasteiger partial charge in [0.25, 0.3) is 10.0 Å². The fraction of sp³-hybridized carbons (Fsp3) is 0.474. The van der Waals surface area contributed by atoms with E-state index in [-0.39, 0.29) is 17.2 Å². The Morgan fingerprint density at radius 3 is 2.57 bits per heavy atom. The lowest BCUT2D eigenvalue weighted by atomic mass is 10.1. The molecule has 0 aliphatic rings. The van der Waals surface area contributed by atoms with Crippen LogP contribution in [-0.2, 0) is 21.2 Å². The predicted octanol–water partition coefficient (Wildman–Crippen LogP) is 2.21. The predicted molar refractivity (Wildman–Crippen MR) is 110 cm³/mol. The van der Waals surface area contributed by atoms with Gasteiger partial charge in [-0.25, -0.2) is 17.4 Å². The van der Waals surface area contributed by atoms with Crippen molar-refractivity contribution in [2.75, 3.05) is 12.4 Å². The van der Waals surface area contributed by atoms with Crippen molar-refractivity contribution in [1.82, 2.24) is 14.3 Å². The van der Waals surface area contributed by atoms with Gasteiger partial charge in [-0.2, -0.15) is 0 Å². The first kappa shape index (κ1) is 22.4. The molecule has 2 aromatic rings. The second kappa shape index (κ2) is 10.6. The third-order valence-electron chi connectivity index (χ3n) is 4.34. The molecule has 1 heterocycles. The largest absolute Gasteiger partial charge is 0.355 e. The van der Waals surface area contributed by atoms with Crippen LogP contribution < -0.4 is 11.1 Å². The highest BCUT2D eigenvalue weighted by molar-refractivity contribution is 7.90. The van der Waals surface area contributed by atoms with Crippen LogP contribution in [0.25, 0.3) is 0 Å². The van der Waals surface area contributed by atoms with Crippen LogP contribution in [0.5, 0.6) is 0 Å². The molecule has 1 aromatic carbocycles. The molecule has 7 nitrogen and oxygen atoms in total. The summed E-state index contributed by atoms with van der Waals surface area (Å²) in [6.07, 6.45) is 6.68. The molecule has 154 valence electrons. The summed E-state index contributed by atoms with van der Waals surface area (Å²) in [5.74, 6) is 0.386. The first-order valence-electron chi connectivity index (χ1n) is 9.29. The molecule has 2 rings (SSSR count). The number of alkyl halides is 1. The molecule has 0 aliphatic carbocycles. The maximum atomic E-state index is 12.6. The Kier molecular flexibility index (Phi) is 8.47. The number of carbonyl (C=O) groups excluding carboxylic acids is 1. The van der Waals surface area contributed by atoms with Crippen LogP contribution in [0, 0.1) is 6.92 Å². The van der Waals surface area contributed by atoms with E-state index in [0.717, 1.165) is 35.2 Å². The smallest absolute Gasteiger partial charge is 0.268 e. The summed E-state index contributed by atoms with van der Waals surface area (Å²) in [4.78, 5) is 16.4. The van der Waals surface area contributed by atoms with Gasteiger partial charge in [0.2, 0.25) is 5.91 Å². The molecule has 28 heavy (non-hydrogen) atoms. The highest BCUT2D eigenvalue weighted by atomic mass is 35.5. The van der Waals surface area contributed by atoms with Crippen LogP contribution >= 0.6 is 11.6 Å². The van der Waals surface area contributed by atoms with Crippen LogP contribution in [0.1, 0.15) is 36.9 Å². The van der Waals surface area contributed by atoms with E-state index in [1.54, 1.807) is 24.3 Å². The second-order valence-electron chi connectivity index (χ2n) is 6.72. The average Bonchev–Trinajstić information content (AvgIpc) is 3.14. The lowest BCUT2D eigenvalue weighted by Crippen LogP contribution is -2.42. The number of imidazole rings is 1. The molecule has 1 aromatic heterocycles. The number of hydrogen-bond donors (Lipinski definition) is 2. The number of carbonyl (C=O) groups is 1. The van der Waals surface area contributed by atoms with Gasteiger partial charge in [0.15, 0.2) is 0 Å². The SMILES string of the molecule is Cc1ccc(S(=O)(=O)n2cnc(C[C@H](N)C(=O)NCCCCCCCl)c2)cc1. The number of aryl methyl sites for hydroxylation is 1. The third kappa shape index (κ3) is 6.32. The molecule has 1 atom stereocenters. The maximum absolute atomic E-state index is 12.6. The molecular weight excluding hydrogens is 400 g/mol. The minimum atomic E-state index is -3.71. The summed E-state index contributed by atoms with van der Waals surface area (Å²) in [7, 11) is -3.71. The second-order valence-corrected chi connectivity index (χ2v) is 8.94. The number of hydrogen-bond acceptors (Lipinski definition) is 5. The van der Waals surface area contributed by atoms with Crippen molar-refractivity contribution in [3.05, 3.63) is 48.0 Å². The van der Waals surface area contributed by atoms with Gasteiger partial charge in [-0.1, -0.05) is 30.5 Å². The van der Waals surface area contributed by atoms with Crippen molar-refractivity contribution in [2.45, 2.75) is 50.0 Å². The van der Waals surface area contributed by atoms with Gasteiger partial charge in [-0.15, -0.1) is 11.6 Å². The average molecular weight is 427 g/mol. The lowest BCUT2D eigenvalue weighted by molar-refractivity contribution is -0.122. The normalized spacial score (nSPS) is 12.7. The van der Waals surface area contributed by atoms with E-state index in [0.29, 0.717) is 18.1 Å². The van der Waals surface area contributed by atoms with Gasteiger partial charge in [0.05, 0.1) is 16.6 Å². The number of amides is 1. The zero-order valence-electron chi connectivity index (χ0n) is 16.0. The highest BCUT2D eigenvalue weighted by Crippen LogP contribution is 2.15. The minimum Gasteiger partial charge on any atom is -0.355 e. The summed E-state index contributed by atoms with van der Waals surface area (Å²) < 4.78 is 26.3. The standard InChI is InChI=1S/C19H27ClN4O3S/c1-15-6-8-17(9-7-15)28(26,27)24-13-16(23-14-24)12-18(21)19(25)22-11-5-3-2-4-10-20/h6-9,13-14,18H,2-5,10-12,21H2,1H3,(H,22,25)/t18-/m0/s1. The molecule has 0 fully saturated rings. The summed E-state index contributed by atoms with van der Waals surface area (Å²) in [6.45, 7) is 2.45. The topological polar surface area (TPSA) is 107 Å². The number of nitrogens with zero attached hydrogens (tertiary/aromatic N) is 2. The fourth-order valence-electron chi connectivity index (χ4n) is 2.65. The third-order valence-corrected chi connectivity index (χ3v) is 6.23. The van der Waals surface area contributed by atoms with Crippen molar-refractivity contribution >= 4 is 27.5 Å². The van der Waals surface area contributed by atoms with E-state index in [1.807, 2.05) is 6.92 Å². The van der Waals surface area contributed by atoms with Gasteiger partial charge < -0.3 is 11.1 Å². The fourth-order valence-corrected chi connectivity index (χ4v) is 3.99. The molecule has 0 aliphatic heterocycles. The Labute approximate surface area is 171 Å². The zero-order chi connectivity index (χ0) is 20.6. The van der Waals surface area contributed by atoms with Crippen LogP contribution in [0.4, 0.5) is 0 Å². The van der Waals surface area contributed by atoms with Crippen LogP contribution in [0.3, 0.4) is 0 Å². The van der Waals surface area contributed by atoms with E-state index < -0.39 is 16.1 Å². The van der Waals surface area contributed by atoms with Crippen molar-refractivity contribution < 1.29 is 13.2 Å². The van der Waals surface area contributed by atoms with Crippen molar-refractivity contribution in [1.29, 1.82) is 0 Å². The van der Waals surface area contributed by atoms with Gasteiger partial charge in [0, 0.05) is 25.0 Å². The van der Waals surface area contributed by atoms with Crippen molar-refractivity contribution in [3.8, 4) is 0 Å². The van der Waals surface area contributed by atoms with Crippen LogP contribution in [-0.4, -0.2) is 41.7 Å². The summed E-state index contributed by atoms with van der Waals surface area (Å²) in [5.41, 5.74) is 7.35. The molecule has 0 unspecified atom stereocenters. The van der Waals surface area contributed by atoms with Crippen molar-refractivity contribution in [2.24, 2.45) is 5.73 Å². The molecule has 0 spiro atoms. The summed E-state index contributed by atoms with van der Waals surface area (Å²) in [6, 6.07) is 5.79. The summed E-state index contributed by atoms with van der Waals surface area (Å²) in [5, 5.41) is 2.80. The van der Waals surface area contributed by atoms with Crippen LogP contribution in [0.2, 0.25) is 0 Å². The van der Waals surface area contributed by atoms with E-state index >= 15 is 0 Å². The maximum Gasteiger partial charge on any atom is 0.268 e. The summed E-state index contributed by atoms with van der Waals surface area (Å²) >= 11 is 5.62. The molecular formula is C19H27ClN4O3S. The minimum absolute atomic E-state index is 0.161. The molecule has 0 bridgehead atoms. The van der Waals surface area contributed by atoms with E-state index in [4.69, 9.17) is 17.3 Å².